The molecule has 2 aromatic carbocycles. The van der Waals surface area contributed by atoms with Crippen molar-refractivity contribution in [2.24, 2.45) is 5.10 Å². The molecule has 9 nitrogen and oxygen atoms in total. The Bertz CT molecular complexity index is 1180. The highest BCUT2D eigenvalue weighted by Crippen LogP contribution is 2.36. The second kappa shape index (κ2) is 7.03. The molecule has 28 heavy (non-hydrogen) atoms. The molecule has 4 rings (SSSR count). The summed E-state index contributed by atoms with van der Waals surface area (Å²) in [4.78, 5) is 7.69. The van der Waals surface area contributed by atoms with Crippen LogP contribution in [0.25, 0.3) is 22.1 Å². The van der Waals surface area contributed by atoms with E-state index in [9.17, 15) is 5.11 Å². The molecule has 3 N–H and O–H groups in total. The summed E-state index contributed by atoms with van der Waals surface area (Å²) in [6.45, 7) is 2.02. The topological polar surface area (TPSA) is 118 Å². The van der Waals surface area contributed by atoms with Crippen molar-refractivity contribution in [3.05, 3.63) is 41.5 Å². The number of nitrogens with one attached hydrogen (secondary N) is 2. The zero-order chi connectivity index (χ0) is 19.7. The van der Waals surface area contributed by atoms with Gasteiger partial charge in [-0.1, -0.05) is 18.2 Å². The predicted octanol–water partition coefficient (Wildman–Crippen LogP) is 2.98. The number of aryl methyl sites for hydroxylation is 1. The molecule has 9 heteroatoms. The van der Waals surface area contributed by atoms with Crippen LogP contribution in [-0.4, -0.2) is 45.7 Å². The van der Waals surface area contributed by atoms with Crippen molar-refractivity contribution in [1.82, 2.24) is 20.2 Å². The molecule has 0 spiro atoms. The van der Waals surface area contributed by atoms with Crippen molar-refractivity contribution in [1.29, 1.82) is 0 Å². The van der Waals surface area contributed by atoms with Gasteiger partial charge in [-0.25, -0.2) is 5.43 Å². The molecule has 0 amide bonds. The van der Waals surface area contributed by atoms with E-state index in [-0.39, 0.29) is 23.2 Å². The maximum Gasteiger partial charge on any atom is 0.265 e. The predicted molar refractivity (Wildman–Crippen MR) is 106 cm³/mol. The van der Waals surface area contributed by atoms with Gasteiger partial charge in [0.15, 0.2) is 17.1 Å². The number of hydrogen-bond donors (Lipinski definition) is 3. The Morgan fingerprint density at radius 3 is 2.61 bits per heavy atom. The van der Waals surface area contributed by atoms with Crippen LogP contribution in [0.15, 0.2) is 35.4 Å². The molecule has 0 radical (unpaired) electrons. The van der Waals surface area contributed by atoms with Crippen molar-refractivity contribution < 1.29 is 14.6 Å². The molecule has 0 atom stereocenters. The number of H-pyrrole nitrogens is 1. The van der Waals surface area contributed by atoms with Crippen LogP contribution in [-0.2, 0) is 0 Å². The molecule has 0 unspecified atom stereocenters. The van der Waals surface area contributed by atoms with Gasteiger partial charge < -0.3 is 19.6 Å². The van der Waals surface area contributed by atoms with Gasteiger partial charge in [-0.3, -0.25) is 0 Å². The molecule has 0 bridgehead atoms. The molecule has 2 aromatic heterocycles. The van der Waals surface area contributed by atoms with Crippen molar-refractivity contribution >= 4 is 34.2 Å². The van der Waals surface area contributed by atoms with Crippen LogP contribution < -0.4 is 14.9 Å². The molecule has 2 heterocycles. The summed E-state index contributed by atoms with van der Waals surface area (Å²) in [5.41, 5.74) is 6.86. The highest BCUT2D eigenvalue weighted by molar-refractivity contribution is 6.04. The first-order valence-corrected chi connectivity index (χ1v) is 8.46. The zero-order valence-electron chi connectivity index (χ0n) is 15.5. The van der Waals surface area contributed by atoms with Gasteiger partial charge in [0, 0.05) is 10.9 Å². The van der Waals surface area contributed by atoms with Crippen molar-refractivity contribution in [2.75, 3.05) is 19.6 Å². The number of hydrogen-bond acceptors (Lipinski definition) is 8. The standard InChI is InChI=1S/C19H18N6O3/c1-10-5-4-6-12-15(10)21-18-16(12)23-25-19(22-18)24-20-9-11-7-13(27-2)17(26)14(8-11)28-3/h4-9,26H,1-3H3,(H2,21,22,24,25)/b20-9-. The van der Waals surface area contributed by atoms with Gasteiger partial charge in [-0.05, 0) is 24.6 Å². The number of aromatic amines is 1. The van der Waals surface area contributed by atoms with E-state index in [1.807, 2.05) is 25.1 Å². The molecule has 0 fully saturated rings. The van der Waals surface area contributed by atoms with Crippen molar-refractivity contribution in [3.8, 4) is 17.2 Å². The summed E-state index contributed by atoms with van der Waals surface area (Å²) in [7, 11) is 2.93. The summed E-state index contributed by atoms with van der Waals surface area (Å²) >= 11 is 0. The number of benzene rings is 2. The summed E-state index contributed by atoms with van der Waals surface area (Å²) in [5, 5.41) is 23.4. The van der Waals surface area contributed by atoms with Gasteiger partial charge in [-0.15, -0.1) is 10.2 Å². The molecule has 0 saturated heterocycles. The van der Waals surface area contributed by atoms with E-state index >= 15 is 0 Å². The third-order valence-electron chi connectivity index (χ3n) is 4.34. The first kappa shape index (κ1) is 17.5. The molecule has 0 saturated carbocycles. The maximum absolute atomic E-state index is 9.95. The lowest BCUT2D eigenvalue weighted by Crippen LogP contribution is -1.99. The lowest BCUT2D eigenvalue weighted by Gasteiger charge is -2.09. The van der Waals surface area contributed by atoms with Gasteiger partial charge in [0.25, 0.3) is 5.95 Å². The smallest absolute Gasteiger partial charge is 0.265 e. The van der Waals surface area contributed by atoms with Crippen LogP contribution in [0.4, 0.5) is 5.95 Å². The van der Waals surface area contributed by atoms with Crippen molar-refractivity contribution in [3.63, 3.8) is 0 Å². The monoisotopic (exact) mass is 378 g/mol. The lowest BCUT2D eigenvalue weighted by atomic mass is 10.1. The first-order valence-electron chi connectivity index (χ1n) is 8.46. The zero-order valence-corrected chi connectivity index (χ0v) is 15.5. The van der Waals surface area contributed by atoms with Gasteiger partial charge in [0.1, 0.15) is 5.52 Å². The molecule has 142 valence electrons. The fourth-order valence-electron chi connectivity index (χ4n) is 2.94. The highest BCUT2D eigenvalue weighted by atomic mass is 16.5. The van der Waals surface area contributed by atoms with E-state index in [1.54, 1.807) is 12.1 Å². The average Bonchev–Trinajstić information content (AvgIpc) is 3.08. The summed E-state index contributed by atoms with van der Waals surface area (Å²) in [6, 6.07) is 9.24. The van der Waals surface area contributed by atoms with E-state index in [4.69, 9.17) is 9.47 Å². The Labute approximate surface area is 160 Å². The van der Waals surface area contributed by atoms with Crippen LogP contribution in [0.5, 0.6) is 17.2 Å². The van der Waals surface area contributed by atoms with Crippen LogP contribution in [0.1, 0.15) is 11.1 Å². The Balaban J connectivity index is 1.60. The molecular weight excluding hydrogens is 360 g/mol. The Hall–Kier alpha value is -3.88. The molecule has 4 aromatic rings. The minimum Gasteiger partial charge on any atom is -0.502 e. The van der Waals surface area contributed by atoms with Crippen LogP contribution >= 0.6 is 0 Å². The quantitative estimate of drug-likeness (QED) is 0.361. The number of aromatic nitrogens is 4. The van der Waals surface area contributed by atoms with Crippen molar-refractivity contribution in [2.45, 2.75) is 6.92 Å². The van der Waals surface area contributed by atoms with E-state index in [2.05, 4.69) is 30.7 Å². The molecular formula is C19H18N6O3. The van der Waals surface area contributed by atoms with Crippen LogP contribution in [0.3, 0.4) is 0 Å². The summed E-state index contributed by atoms with van der Waals surface area (Å²) in [6.07, 6.45) is 1.54. The van der Waals surface area contributed by atoms with E-state index < -0.39 is 0 Å². The SMILES string of the molecule is COc1cc(/C=N\Nc2nnc3c(n2)[nH]c2c(C)cccc23)cc(OC)c1O. The number of rotatable bonds is 5. The maximum atomic E-state index is 9.95. The fourth-order valence-corrected chi connectivity index (χ4v) is 2.94. The second-order valence-corrected chi connectivity index (χ2v) is 6.10. The molecule has 0 aliphatic carbocycles. The Morgan fingerprint density at radius 2 is 1.89 bits per heavy atom. The lowest BCUT2D eigenvalue weighted by molar-refractivity contribution is 0.340. The van der Waals surface area contributed by atoms with Gasteiger partial charge in [0.05, 0.1) is 26.0 Å². The number of phenols is 1. The third kappa shape index (κ3) is 3.02. The van der Waals surface area contributed by atoms with Gasteiger partial charge in [0.2, 0.25) is 5.75 Å². The van der Waals surface area contributed by atoms with Crippen LogP contribution in [0.2, 0.25) is 0 Å². The summed E-state index contributed by atoms with van der Waals surface area (Å²) in [5.74, 6) is 0.759. The van der Waals surface area contributed by atoms with Crippen LogP contribution in [0, 0.1) is 6.92 Å². The number of aromatic hydroxyl groups is 1. The molecule has 0 aliphatic heterocycles. The third-order valence-corrected chi connectivity index (χ3v) is 4.34. The number of methoxy groups -OCH3 is 2. The average molecular weight is 378 g/mol. The van der Waals surface area contributed by atoms with Gasteiger partial charge >= 0.3 is 0 Å². The normalized spacial score (nSPS) is 11.4. The second-order valence-electron chi connectivity index (χ2n) is 6.10. The number of phenolic OH excluding ortho intramolecular Hbond substituents is 1. The summed E-state index contributed by atoms with van der Waals surface area (Å²) < 4.78 is 10.3. The Morgan fingerprint density at radius 1 is 1.14 bits per heavy atom. The Kier molecular flexibility index (Phi) is 4.40. The largest absolute Gasteiger partial charge is 0.502 e. The van der Waals surface area contributed by atoms with Gasteiger partial charge in [-0.2, -0.15) is 10.1 Å². The number of anilines is 1. The number of para-hydroxylation sites is 1. The highest BCUT2D eigenvalue weighted by Gasteiger charge is 2.11. The molecule has 0 aliphatic rings. The minimum absolute atomic E-state index is 0.0674. The van der Waals surface area contributed by atoms with E-state index in [0.29, 0.717) is 16.7 Å². The number of nitrogens with zero attached hydrogens (tertiary/aromatic N) is 4. The van der Waals surface area contributed by atoms with E-state index in [1.165, 1.54) is 20.4 Å². The fraction of sp³-hybridized carbons (Fsp3) is 0.158. The number of hydrazone groups is 1. The number of fused-ring (bicyclic) bond motifs is 3. The first-order chi connectivity index (χ1) is 13.6. The minimum atomic E-state index is -0.0674. The van der Waals surface area contributed by atoms with E-state index in [0.717, 1.165) is 16.5 Å². The number of ether oxygens (including phenoxy) is 2.